The number of hydrogen-bond acceptors (Lipinski definition) is 13. The van der Waals surface area contributed by atoms with Crippen molar-refractivity contribution in [2.45, 2.75) is 98.1 Å². The average Bonchev–Trinajstić information content (AvgIpc) is 3.65. The second kappa shape index (κ2) is 16.7. The number of fused-ring (bicyclic) bond motifs is 2. The van der Waals surface area contributed by atoms with Gasteiger partial charge >= 0.3 is 29.8 Å². The highest BCUT2D eigenvalue weighted by Gasteiger charge is 2.66. The molecule has 8 atom stereocenters. The van der Waals surface area contributed by atoms with Gasteiger partial charge in [0.05, 0.1) is 6.61 Å². The number of imide groups is 1. The van der Waals surface area contributed by atoms with Crippen molar-refractivity contribution in [3.8, 4) is 0 Å². The van der Waals surface area contributed by atoms with Gasteiger partial charge in [-0.2, -0.15) is 0 Å². The standard InChI is InChI=1S/C41H47N7O11S2/c1-7-45-19-20-46(34(54)33(45)53)39(57)44-23(21-15-11-9-12-16-21)29(49)42-24-31(51)48-28(41(5,6)61-35(24)48)38(56)59-26(22-17-13-10-14-18-22)30(50)43-25-32(52)47-27(37(55)58-8-2)40(3,4)60-36(25)47/h9-18,23-28,35-36H,7-8,19-20H2,1-6H3,(H,42,49)(H,43,50)(H,44,57)/t23-,24-,25-,26-,27+,28+,35-,36-/m1/s1. The molecule has 0 bridgehead atoms. The lowest BCUT2D eigenvalue weighted by atomic mass is 9.95. The van der Waals surface area contributed by atoms with E-state index in [0.717, 1.165) is 4.90 Å². The Kier molecular flexibility index (Phi) is 11.9. The Hall–Kier alpha value is -5.63. The Bertz CT molecular complexity index is 2160. The number of benzene rings is 2. The predicted octanol–water partition coefficient (Wildman–Crippen LogP) is 1.07. The lowest BCUT2D eigenvalue weighted by Gasteiger charge is -2.45. The minimum Gasteiger partial charge on any atom is -0.464 e. The normalized spacial score (nSPS) is 26.9. The fourth-order valence-electron chi connectivity index (χ4n) is 8.34. The molecule has 0 aliphatic carbocycles. The molecule has 5 saturated heterocycles. The summed E-state index contributed by atoms with van der Waals surface area (Å²) in [5.41, 5.74) is 0.660. The van der Waals surface area contributed by atoms with Gasteiger partial charge in [0.1, 0.15) is 41.0 Å². The summed E-state index contributed by atoms with van der Waals surface area (Å²) in [5.74, 6) is -5.91. The highest BCUT2D eigenvalue weighted by Crippen LogP contribution is 2.52. The largest absolute Gasteiger partial charge is 0.464 e. The van der Waals surface area contributed by atoms with Gasteiger partial charge < -0.3 is 40.1 Å². The van der Waals surface area contributed by atoms with Gasteiger partial charge in [-0.1, -0.05) is 60.7 Å². The number of ether oxygens (including phenoxy) is 2. The molecule has 0 radical (unpaired) electrons. The van der Waals surface area contributed by atoms with E-state index < -0.39 is 110 Å². The molecule has 5 heterocycles. The van der Waals surface area contributed by atoms with E-state index in [0.29, 0.717) is 17.7 Å². The van der Waals surface area contributed by atoms with Crippen molar-refractivity contribution in [3.05, 3.63) is 71.8 Å². The number of hydrogen-bond donors (Lipinski definition) is 3. The van der Waals surface area contributed by atoms with Crippen molar-refractivity contribution in [2.24, 2.45) is 0 Å². The Morgan fingerprint density at radius 2 is 1.21 bits per heavy atom. The first kappa shape index (κ1) is 43.5. The van der Waals surface area contributed by atoms with Gasteiger partial charge in [-0.15, -0.1) is 23.5 Å². The Labute approximate surface area is 360 Å². The van der Waals surface area contributed by atoms with Gasteiger partial charge in [0.15, 0.2) is 0 Å². The molecular formula is C41H47N7O11S2. The summed E-state index contributed by atoms with van der Waals surface area (Å²) in [6.07, 6.45) is -1.52. The number of amides is 8. The van der Waals surface area contributed by atoms with E-state index in [9.17, 15) is 43.2 Å². The van der Waals surface area contributed by atoms with Crippen LogP contribution in [0.25, 0.3) is 0 Å². The summed E-state index contributed by atoms with van der Waals surface area (Å²) in [6.45, 7) is 11.0. The van der Waals surface area contributed by atoms with Gasteiger partial charge in [0.2, 0.25) is 23.8 Å². The fraction of sp³-hybridized carbons (Fsp3) is 0.488. The maximum atomic E-state index is 14.2. The molecule has 2 aromatic carbocycles. The van der Waals surface area contributed by atoms with Crippen molar-refractivity contribution in [3.63, 3.8) is 0 Å². The maximum absolute atomic E-state index is 14.2. The second-order valence-corrected chi connectivity index (χ2v) is 19.6. The van der Waals surface area contributed by atoms with Crippen LogP contribution in [0.3, 0.4) is 0 Å². The molecule has 5 aliphatic heterocycles. The lowest BCUT2D eigenvalue weighted by Crippen LogP contribution is -2.71. The molecule has 20 heteroatoms. The van der Waals surface area contributed by atoms with Crippen LogP contribution in [-0.2, 0) is 47.8 Å². The molecule has 5 aliphatic rings. The number of piperazine rings is 1. The number of thioether (sulfide) groups is 2. The predicted molar refractivity (Wildman–Crippen MR) is 220 cm³/mol. The van der Waals surface area contributed by atoms with Crippen LogP contribution in [0.15, 0.2) is 60.7 Å². The zero-order chi connectivity index (χ0) is 44.1. The Morgan fingerprint density at radius 3 is 1.74 bits per heavy atom. The summed E-state index contributed by atoms with van der Waals surface area (Å²) in [6, 6.07) is 9.89. The minimum absolute atomic E-state index is 0.0751. The molecule has 2 aromatic rings. The molecule has 324 valence electrons. The monoisotopic (exact) mass is 877 g/mol. The number of likely N-dealkylation sites (N-methyl/N-ethyl adjacent to an activating group) is 1. The molecule has 0 spiro atoms. The smallest absolute Gasteiger partial charge is 0.331 e. The number of carbonyl (C=O) groups is 9. The van der Waals surface area contributed by atoms with Crippen LogP contribution < -0.4 is 16.0 Å². The lowest BCUT2D eigenvalue weighted by molar-refractivity contribution is -0.171. The zero-order valence-corrected chi connectivity index (χ0v) is 35.9. The van der Waals surface area contributed by atoms with Crippen LogP contribution in [0.4, 0.5) is 4.79 Å². The number of carbonyl (C=O) groups excluding carboxylic acids is 9. The van der Waals surface area contributed by atoms with E-state index >= 15 is 0 Å². The zero-order valence-electron chi connectivity index (χ0n) is 34.3. The maximum Gasteiger partial charge on any atom is 0.331 e. The third-order valence-corrected chi connectivity index (χ3v) is 14.5. The second-order valence-electron chi connectivity index (χ2n) is 16.1. The van der Waals surface area contributed by atoms with Crippen LogP contribution in [0, 0.1) is 0 Å². The van der Waals surface area contributed by atoms with Gasteiger partial charge in [0, 0.05) is 34.7 Å². The van der Waals surface area contributed by atoms with Crippen molar-refractivity contribution in [1.29, 1.82) is 0 Å². The summed E-state index contributed by atoms with van der Waals surface area (Å²) in [5, 5.41) is 6.70. The number of nitrogens with one attached hydrogen (secondary N) is 3. The van der Waals surface area contributed by atoms with Crippen LogP contribution in [0.5, 0.6) is 0 Å². The molecule has 18 nitrogen and oxygen atoms in total. The van der Waals surface area contributed by atoms with E-state index in [1.165, 1.54) is 38.2 Å². The van der Waals surface area contributed by atoms with Gasteiger partial charge in [-0.3, -0.25) is 33.7 Å². The van der Waals surface area contributed by atoms with Crippen LogP contribution in [0.2, 0.25) is 0 Å². The molecule has 0 saturated carbocycles. The van der Waals surface area contributed by atoms with Crippen molar-refractivity contribution in [1.82, 2.24) is 35.6 Å². The average molecular weight is 878 g/mol. The molecule has 5 fully saturated rings. The fourth-order valence-corrected chi connectivity index (χ4v) is 11.6. The molecule has 8 amide bonds. The quantitative estimate of drug-likeness (QED) is 0.155. The Balaban J connectivity index is 1.04. The first-order chi connectivity index (χ1) is 28.9. The van der Waals surface area contributed by atoms with E-state index in [-0.39, 0.29) is 19.7 Å². The van der Waals surface area contributed by atoms with Gasteiger partial charge in [0.25, 0.3) is 5.91 Å². The number of β-lactam (4-membered cyclic amide) rings is 2. The SMILES string of the molecule is CCOC(=O)[C@@H]1N2C(=O)[C@@H](NC(=O)[C@H](OC(=O)[C@@H]3N4C(=O)[C@@H](NC(=O)[C@H](NC(=O)N5CCN(CC)C(=O)C5=O)c5ccccc5)[C@H]4SC3(C)C)c3ccccc3)[C@H]2SC1(C)C. The Morgan fingerprint density at radius 1 is 0.705 bits per heavy atom. The number of esters is 2. The van der Waals surface area contributed by atoms with E-state index in [1.54, 1.807) is 88.4 Å². The van der Waals surface area contributed by atoms with Crippen molar-refractivity contribution < 1.29 is 52.6 Å². The first-order valence-corrected chi connectivity index (χ1v) is 21.7. The molecule has 7 rings (SSSR count). The highest BCUT2D eigenvalue weighted by molar-refractivity contribution is 8.02. The van der Waals surface area contributed by atoms with Crippen molar-refractivity contribution >= 4 is 76.9 Å². The molecular weight excluding hydrogens is 831 g/mol. The number of nitrogens with zero attached hydrogens (tertiary/aromatic N) is 4. The van der Waals surface area contributed by atoms with E-state index in [4.69, 9.17) is 9.47 Å². The van der Waals surface area contributed by atoms with Crippen molar-refractivity contribution in [2.75, 3.05) is 26.2 Å². The third-order valence-electron chi connectivity index (χ3n) is 11.4. The minimum atomic E-state index is -1.52. The topological polar surface area (TPSA) is 221 Å². The summed E-state index contributed by atoms with van der Waals surface area (Å²) in [7, 11) is 0. The molecule has 0 unspecified atom stereocenters. The highest BCUT2D eigenvalue weighted by atomic mass is 32.2. The summed E-state index contributed by atoms with van der Waals surface area (Å²) >= 11 is 2.60. The van der Waals surface area contributed by atoms with E-state index in [2.05, 4.69) is 16.0 Å². The molecule has 0 aromatic heterocycles. The molecule has 3 N–H and O–H groups in total. The summed E-state index contributed by atoms with van der Waals surface area (Å²) < 4.78 is 9.50. The van der Waals surface area contributed by atoms with Crippen LogP contribution >= 0.6 is 23.5 Å². The van der Waals surface area contributed by atoms with Crippen LogP contribution in [-0.4, -0.2) is 144 Å². The van der Waals surface area contributed by atoms with Gasteiger partial charge in [-0.05, 0) is 47.1 Å². The molecule has 61 heavy (non-hydrogen) atoms. The van der Waals surface area contributed by atoms with Gasteiger partial charge in [-0.25, -0.2) is 14.4 Å². The van der Waals surface area contributed by atoms with Crippen LogP contribution in [0.1, 0.15) is 64.8 Å². The first-order valence-electron chi connectivity index (χ1n) is 19.9. The van der Waals surface area contributed by atoms with E-state index in [1.807, 2.05) is 13.8 Å². The third kappa shape index (κ3) is 7.79. The summed E-state index contributed by atoms with van der Waals surface area (Å²) in [4.78, 5) is 126. The number of rotatable bonds is 12. The number of urea groups is 1.